The molecule has 0 spiro atoms. The molecule has 0 unspecified atom stereocenters. The van der Waals surface area contributed by atoms with Crippen molar-refractivity contribution in [3.05, 3.63) is 357 Å². The number of allylic oxidation sites excluding steroid dienone is 4. The summed E-state index contributed by atoms with van der Waals surface area (Å²) in [7, 11) is 0. The molecule has 0 aromatic heterocycles. The number of nitrogens with zero attached hydrogens (tertiary/aromatic N) is 4. The molecule has 1 aliphatic rings. The molecule has 4 heteroatoms. The van der Waals surface area contributed by atoms with E-state index < -0.39 is 5.41 Å². The molecular weight excluding hydrogens is 933 g/mol. The molecule has 4 nitrogen and oxygen atoms in total. The highest BCUT2D eigenvalue weighted by Gasteiger charge is 2.47. The van der Waals surface area contributed by atoms with Gasteiger partial charge < -0.3 is 19.6 Å². The molecule has 1 aliphatic carbocycles. The zero-order chi connectivity index (χ0) is 51.8. The largest absolute Gasteiger partial charge is 0.317 e. The van der Waals surface area contributed by atoms with Gasteiger partial charge in [0.25, 0.3) is 0 Å². The van der Waals surface area contributed by atoms with E-state index in [4.69, 9.17) is 0 Å². The summed E-state index contributed by atoms with van der Waals surface area (Å²) in [5, 5.41) is 0. The van der Waals surface area contributed by atoms with Crippen LogP contribution in [0.1, 0.15) is 22.3 Å². The van der Waals surface area contributed by atoms with Crippen LogP contribution in [0.5, 0.6) is 0 Å². The Kier molecular flexibility index (Phi) is 13.5. The first kappa shape index (κ1) is 47.8. The van der Waals surface area contributed by atoms with E-state index in [1.807, 2.05) is 18.2 Å². The van der Waals surface area contributed by atoms with Gasteiger partial charge in [0.2, 0.25) is 0 Å². The van der Waals surface area contributed by atoms with Crippen molar-refractivity contribution < 1.29 is 0 Å². The Bertz CT molecular complexity index is 3560. The number of anilines is 11. The predicted molar refractivity (Wildman–Crippen MR) is 325 cm³/mol. The van der Waals surface area contributed by atoms with Gasteiger partial charge in [0, 0.05) is 68.8 Å². The van der Waals surface area contributed by atoms with Crippen LogP contribution in [-0.2, 0) is 5.41 Å². The van der Waals surface area contributed by atoms with Gasteiger partial charge in [-0.05, 0) is 161 Å². The third kappa shape index (κ3) is 9.30. The number of hydrogen-bond acceptors (Lipinski definition) is 4. The number of hydrogen-bond donors (Lipinski definition) is 0. The SMILES string of the molecule is C=C/C=C\C=C/N(c1ccccc1)c1cc(N(c2ccccc2)c2ccccc2)cc(C2(c3cc(N(c4ccccc4)c4ccccc4)cc(N(c4ccccc4)c4ccccc4)c3)c3ccccc3-c3ccccc32)c1. The third-order valence-corrected chi connectivity index (χ3v) is 14.4. The van der Waals surface area contributed by atoms with Crippen molar-refractivity contribution in [1.29, 1.82) is 0 Å². The Labute approximate surface area is 453 Å². The van der Waals surface area contributed by atoms with Crippen LogP contribution >= 0.6 is 0 Å². The summed E-state index contributed by atoms with van der Waals surface area (Å²) in [4.78, 5) is 9.48. The second kappa shape index (κ2) is 21.7. The van der Waals surface area contributed by atoms with Crippen LogP contribution in [0.25, 0.3) is 11.1 Å². The molecule has 0 bridgehead atoms. The van der Waals surface area contributed by atoms with Crippen LogP contribution in [0, 0.1) is 0 Å². The Morgan fingerprint density at radius 2 is 0.545 bits per heavy atom. The molecule has 11 aromatic rings. The third-order valence-electron chi connectivity index (χ3n) is 14.4. The molecular formula is C73H56N4. The van der Waals surface area contributed by atoms with Crippen LogP contribution in [0.15, 0.2) is 334 Å². The van der Waals surface area contributed by atoms with E-state index in [-0.39, 0.29) is 0 Å². The summed E-state index contributed by atoms with van der Waals surface area (Å²) >= 11 is 0. The highest BCUT2D eigenvalue weighted by Crippen LogP contribution is 2.59. The van der Waals surface area contributed by atoms with Crippen LogP contribution in [0.2, 0.25) is 0 Å². The Morgan fingerprint density at radius 1 is 0.260 bits per heavy atom. The van der Waals surface area contributed by atoms with Gasteiger partial charge in [-0.15, -0.1) is 0 Å². The molecule has 0 atom stereocenters. The fraction of sp³-hybridized carbons (Fsp3) is 0.0137. The lowest BCUT2D eigenvalue weighted by Gasteiger charge is -2.38. The van der Waals surface area contributed by atoms with Crippen molar-refractivity contribution in [3.8, 4) is 11.1 Å². The summed E-state index contributed by atoms with van der Waals surface area (Å²) in [5.74, 6) is 0. The van der Waals surface area contributed by atoms with E-state index >= 15 is 0 Å². The van der Waals surface area contributed by atoms with Gasteiger partial charge in [-0.3, -0.25) is 0 Å². The van der Waals surface area contributed by atoms with Crippen molar-refractivity contribution in [2.75, 3.05) is 19.6 Å². The molecule has 0 saturated heterocycles. The number of fused-ring (bicyclic) bond motifs is 3. The standard InChI is InChI=1S/C73H56N4/c1-2-3-4-30-49-74(58-31-12-5-13-32-58)65-50-56(51-66(54-65)75(59-33-14-6-15-34-59)60-35-16-7-17-36-60)73(71-47-28-26-45-69(71)70-46-27-29-48-72(70)73)57-52-67(76(61-37-18-8-19-38-61)62-39-20-9-21-40-62)55-68(53-57)77(63-41-22-10-23-42-63)64-43-24-11-25-44-64/h2-55H,1H2/b4-3-,49-30-. The van der Waals surface area contributed by atoms with E-state index in [9.17, 15) is 0 Å². The topological polar surface area (TPSA) is 13.0 Å². The van der Waals surface area contributed by atoms with Crippen LogP contribution in [0.4, 0.5) is 62.6 Å². The number of benzene rings is 11. The second-order valence-electron chi connectivity index (χ2n) is 19.0. The maximum absolute atomic E-state index is 3.97. The normalized spacial score (nSPS) is 12.2. The van der Waals surface area contributed by atoms with E-state index in [2.05, 4.69) is 336 Å². The number of rotatable bonds is 16. The summed E-state index contributed by atoms with van der Waals surface area (Å²) in [6, 6.07) is 108. The van der Waals surface area contributed by atoms with Gasteiger partial charge in [0.05, 0.1) is 5.41 Å². The van der Waals surface area contributed by atoms with Crippen molar-refractivity contribution in [1.82, 2.24) is 0 Å². The average Bonchev–Trinajstić information content (AvgIpc) is 4.09. The van der Waals surface area contributed by atoms with E-state index in [1.165, 1.54) is 22.3 Å². The number of para-hydroxylation sites is 7. The molecule has 11 aromatic carbocycles. The highest BCUT2D eigenvalue weighted by molar-refractivity contribution is 5.92. The predicted octanol–water partition coefficient (Wildman–Crippen LogP) is 19.9. The van der Waals surface area contributed by atoms with E-state index in [0.717, 1.165) is 73.7 Å². The lowest BCUT2D eigenvalue weighted by atomic mass is 9.67. The Hall–Kier alpha value is -10.2. The molecule has 0 radical (unpaired) electrons. The highest BCUT2D eigenvalue weighted by atomic mass is 15.2. The van der Waals surface area contributed by atoms with Gasteiger partial charge in [0.1, 0.15) is 0 Å². The minimum atomic E-state index is -0.894. The van der Waals surface area contributed by atoms with Crippen molar-refractivity contribution in [2.45, 2.75) is 5.41 Å². The van der Waals surface area contributed by atoms with Gasteiger partial charge >= 0.3 is 0 Å². The minimum Gasteiger partial charge on any atom is -0.317 e. The molecule has 0 amide bonds. The van der Waals surface area contributed by atoms with E-state index in [1.54, 1.807) is 0 Å². The first-order valence-electron chi connectivity index (χ1n) is 26.2. The molecule has 0 saturated carbocycles. The zero-order valence-electron chi connectivity index (χ0n) is 42.7. The molecule has 12 rings (SSSR count). The van der Waals surface area contributed by atoms with Gasteiger partial charge in [-0.25, -0.2) is 0 Å². The first-order chi connectivity index (χ1) is 38.2. The molecule has 0 fully saturated rings. The van der Waals surface area contributed by atoms with Gasteiger partial charge in [0.15, 0.2) is 0 Å². The van der Waals surface area contributed by atoms with Crippen molar-refractivity contribution in [3.63, 3.8) is 0 Å². The lowest BCUT2D eigenvalue weighted by molar-refractivity contribution is 0.768. The summed E-state index contributed by atoms with van der Waals surface area (Å²) < 4.78 is 0. The fourth-order valence-corrected chi connectivity index (χ4v) is 11.2. The molecule has 0 N–H and O–H groups in total. The summed E-state index contributed by atoms with van der Waals surface area (Å²) in [6.07, 6.45) is 10.0. The van der Waals surface area contributed by atoms with Crippen molar-refractivity contribution in [2.24, 2.45) is 0 Å². The van der Waals surface area contributed by atoms with Crippen LogP contribution in [-0.4, -0.2) is 0 Å². The van der Waals surface area contributed by atoms with Gasteiger partial charge in [-0.2, -0.15) is 0 Å². The lowest BCUT2D eigenvalue weighted by Crippen LogP contribution is -2.30. The van der Waals surface area contributed by atoms with Gasteiger partial charge in [-0.1, -0.05) is 201 Å². The van der Waals surface area contributed by atoms with Crippen molar-refractivity contribution >= 4 is 62.6 Å². The summed E-state index contributed by atoms with van der Waals surface area (Å²) in [5.41, 5.74) is 17.5. The Balaban J connectivity index is 1.24. The van der Waals surface area contributed by atoms with Crippen LogP contribution in [0.3, 0.4) is 0 Å². The molecule has 77 heavy (non-hydrogen) atoms. The average molecular weight is 989 g/mol. The molecule has 0 heterocycles. The monoisotopic (exact) mass is 988 g/mol. The molecule has 0 aliphatic heterocycles. The smallest absolute Gasteiger partial charge is 0.0716 e. The minimum absolute atomic E-state index is 0.894. The molecule has 368 valence electrons. The summed E-state index contributed by atoms with van der Waals surface area (Å²) in [6.45, 7) is 3.97. The maximum Gasteiger partial charge on any atom is 0.0716 e. The first-order valence-corrected chi connectivity index (χ1v) is 26.2. The fourth-order valence-electron chi connectivity index (χ4n) is 11.2. The van der Waals surface area contributed by atoms with E-state index in [0.29, 0.717) is 0 Å². The maximum atomic E-state index is 3.97. The van der Waals surface area contributed by atoms with Crippen LogP contribution < -0.4 is 19.6 Å². The zero-order valence-corrected chi connectivity index (χ0v) is 42.7. The quantitative estimate of drug-likeness (QED) is 0.0895. The Morgan fingerprint density at radius 3 is 0.883 bits per heavy atom. The second-order valence-corrected chi connectivity index (χ2v) is 19.0.